The van der Waals surface area contributed by atoms with E-state index in [1.54, 1.807) is 0 Å². The van der Waals surface area contributed by atoms with Gasteiger partial charge < -0.3 is 8.94 Å². The second kappa shape index (κ2) is 4.01. The zero-order valence-corrected chi connectivity index (χ0v) is 9.21. The van der Waals surface area contributed by atoms with Crippen molar-refractivity contribution in [2.75, 3.05) is 0 Å². The number of benzene rings is 1. The summed E-state index contributed by atoms with van der Waals surface area (Å²) < 4.78 is 10.6. The number of nitrogens with one attached hydrogen (secondary N) is 1. The summed E-state index contributed by atoms with van der Waals surface area (Å²) in [6.45, 7) is 0. The Kier molecular flexibility index (Phi) is 2.35. The Labute approximate surface area is 101 Å². The van der Waals surface area contributed by atoms with E-state index in [2.05, 4.69) is 5.16 Å². The number of hydrogen-bond acceptors (Lipinski definition) is 5. The number of rotatable bonds is 2. The van der Waals surface area contributed by atoms with Gasteiger partial charge in [0.25, 0.3) is 5.91 Å². The average molecular weight is 243 g/mol. The number of hydrazine groups is 1. The summed E-state index contributed by atoms with van der Waals surface area (Å²) in [7, 11) is 0. The van der Waals surface area contributed by atoms with E-state index in [1.165, 1.54) is 6.07 Å². The van der Waals surface area contributed by atoms with Gasteiger partial charge >= 0.3 is 0 Å². The van der Waals surface area contributed by atoms with Crippen LogP contribution in [-0.2, 0) is 0 Å². The lowest BCUT2D eigenvalue weighted by Crippen LogP contribution is -2.30. The monoisotopic (exact) mass is 243 g/mol. The molecule has 18 heavy (non-hydrogen) atoms. The second-order valence-electron chi connectivity index (χ2n) is 3.70. The number of fused-ring (bicyclic) bond motifs is 1. The molecular formula is C12H9N3O3. The number of nitrogens with zero attached hydrogens (tertiary/aromatic N) is 1. The topological polar surface area (TPSA) is 94.3 Å². The van der Waals surface area contributed by atoms with E-state index in [1.807, 2.05) is 35.8 Å². The van der Waals surface area contributed by atoms with Gasteiger partial charge in [-0.15, -0.1) is 0 Å². The normalized spacial score (nSPS) is 10.7. The molecule has 0 atom stereocenters. The van der Waals surface area contributed by atoms with E-state index < -0.39 is 5.91 Å². The van der Waals surface area contributed by atoms with Gasteiger partial charge in [0, 0.05) is 11.5 Å². The Morgan fingerprint density at radius 3 is 2.83 bits per heavy atom. The minimum absolute atomic E-state index is 0.105. The summed E-state index contributed by atoms with van der Waals surface area (Å²) in [5.41, 5.74) is 2.83. The molecule has 0 aliphatic carbocycles. The quantitative estimate of drug-likeness (QED) is 0.405. The van der Waals surface area contributed by atoms with Crippen LogP contribution in [0.2, 0.25) is 0 Å². The van der Waals surface area contributed by atoms with Crippen molar-refractivity contribution in [2.45, 2.75) is 0 Å². The molecule has 90 valence electrons. The van der Waals surface area contributed by atoms with E-state index >= 15 is 0 Å². The largest absolute Gasteiger partial charge is 0.453 e. The average Bonchev–Trinajstić information content (AvgIpc) is 3.03. The van der Waals surface area contributed by atoms with Gasteiger partial charge in [0.05, 0.1) is 0 Å². The summed E-state index contributed by atoms with van der Waals surface area (Å²) in [6.07, 6.45) is 0. The number of amides is 1. The van der Waals surface area contributed by atoms with Gasteiger partial charge in [-0.25, -0.2) is 5.84 Å². The number of carbonyl (C=O) groups excluding carboxylic acids is 1. The summed E-state index contributed by atoms with van der Waals surface area (Å²) in [4.78, 5) is 11.2. The zero-order chi connectivity index (χ0) is 12.5. The number of nitrogens with two attached hydrogens (primary N) is 1. The van der Waals surface area contributed by atoms with E-state index in [-0.39, 0.29) is 5.69 Å². The van der Waals surface area contributed by atoms with Crippen LogP contribution in [0, 0.1) is 0 Å². The molecule has 2 aromatic heterocycles. The highest BCUT2D eigenvalue weighted by Gasteiger charge is 2.15. The molecule has 2 heterocycles. The van der Waals surface area contributed by atoms with Gasteiger partial charge in [-0.2, -0.15) is 0 Å². The maximum absolute atomic E-state index is 11.2. The maximum Gasteiger partial charge on any atom is 0.287 e. The Balaban J connectivity index is 2.03. The molecule has 0 unspecified atom stereocenters. The van der Waals surface area contributed by atoms with Crippen molar-refractivity contribution in [3.05, 3.63) is 42.1 Å². The van der Waals surface area contributed by atoms with Crippen molar-refractivity contribution < 1.29 is 13.7 Å². The first-order chi connectivity index (χ1) is 8.78. The number of carbonyl (C=O) groups is 1. The van der Waals surface area contributed by atoms with Crippen LogP contribution in [0.15, 0.2) is 45.3 Å². The number of furan rings is 1. The van der Waals surface area contributed by atoms with Crippen molar-refractivity contribution in [3.63, 3.8) is 0 Å². The zero-order valence-electron chi connectivity index (χ0n) is 9.21. The highest BCUT2D eigenvalue weighted by atomic mass is 16.5. The fourth-order valence-electron chi connectivity index (χ4n) is 1.68. The minimum Gasteiger partial charge on any atom is -0.453 e. The van der Waals surface area contributed by atoms with Crippen LogP contribution in [0.3, 0.4) is 0 Å². The van der Waals surface area contributed by atoms with Gasteiger partial charge in [-0.1, -0.05) is 23.4 Å². The van der Waals surface area contributed by atoms with Crippen LogP contribution in [0.4, 0.5) is 0 Å². The molecule has 3 N–H and O–H groups in total. The highest BCUT2D eigenvalue weighted by molar-refractivity contribution is 5.92. The fraction of sp³-hybridized carbons (Fsp3) is 0. The predicted octanol–water partition coefficient (Wildman–Crippen LogP) is 1.69. The molecule has 0 spiro atoms. The molecule has 6 heteroatoms. The summed E-state index contributed by atoms with van der Waals surface area (Å²) in [5.74, 6) is 5.39. The lowest BCUT2D eigenvalue weighted by molar-refractivity contribution is 0.0944. The maximum atomic E-state index is 11.2. The van der Waals surface area contributed by atoms with Gasteiger partial charge in [-0.3, -0.25) is 10.2 Å². The number of aromatic nitrogens is 1. The van der Waals surface area contributed by atoms with E-state index in [0.717, 1.165) is 11.0 Å². The SMILES string of the molecule is NNC(=O)c1cc(-c2cc3ccccc3o2)on1. The molecule has 0 radical (unpaired) electrons. The molecular weight excluding hydrogens is 234 g/mol. The minimum atomic E-state index is -0.513. The van der Waals surface area contributed by atoms with Gasteiger partial charge in [0.2, 0.25) is 5.76 Å². The second-order valence-corrected chi connectivity index (χ2v) is 3.70. The highest BCUT2D eigenvalue weighted by Crippen LogP contribution is 2.27. The van der Waals surface area contributed by atoms with Gasteiger partial charge in [-0.05, 0) is 12.1 Å². The van der Waals surface area contributed by atoms with Crippen molar-refractivity contribution >= 4 is 16.9 Å². The molecule has 0 saturated carbocycles. The standard InChI is InChI=1S/C12H9N3O3/c13-14-12(16)8-6-11(18-15-8)10-5-7-3-1-2-4-9(7)17-10/h1-6H,13H2,(H,14,16). The molecule has 1 amide bonds. The van der Waals surface area contributed by atoms with E-state index in [9.17, 15) is 4.79 Å². The Morgan fingerprint density at radius 2 is 2.06 bits per heavy atom. The van der Waals surface area contributed by atoms with Crippen molar-refractivity contribution in [1.82, 2.24) is 10.6 Å². The molecule has 0 saturated heterocycles. The first-order valence-corrected chi connectivity index (χ1v) is 5.24. The van der Waals surface area contributed by atoms with Crippen LogP contribution < -0.4 is 11.3 Å². The van der Waals surface area contributed by atoms with Crippen LogP contribution >= 0.6 is 0 Å². The third-order valence-corrected chi connectivity index (χ3v) is 2.54. The van der Waals surface area contributed by atoms with E-state index in [4.69, 9.17) is 14.8 Å². The summed E-state index contributed by atoms with van der Waals surface area (Å²) in [5, 5.41) is 4.56. The fourth-order valence-corrected chi connectivity index (χ4v) is 1.68. The smallest absolute Gasteiger partial charge is 0.287 e. The first-order valence-electron chi connectivity index (χ1n) is 5.24. The molecule has 3 rings (SSSR count). The van der Waals surface area contributed by atoms with Crippen LogP contribution in [-0.4, -0.2) is 11.1 Å². The lowest BCUT2D eigenvalue weighted by Gasteiger charge is -1.88. The lowest BCUT2D eigenvalue weighted by atomic mass is 10.2. The molecule has 3 aromatic rings. The first kappa shape index (κ1) is 10.5. The predicted molar refractivity (Wildman–Crippen MR) is 63.4 cm³/mol. The molecule has 0 bridgehead atoms. The number of para-hydroxylation sites is 1. The molecule has 6 nitrogen and oxygen atoms in total. The Hall–Kier alpha value is -2.60. The Bertz CT molecular complexity index is 681. The van der Waals surface area contributed by atoms with Crippen molar-refractivity contribution in [2.24, 2.45) is 5.84 Å². The van der Waals surface area contributed by atoms with E-state index in [0.29, 0.717) is 11.5 Å². The molecule has 1 aromatic carbocycles. The number of hydrogen-bond donors (Lipinski definition) is 2. The summed E-state index contributed by atoms with van der Waals surface area (Å²) >= 11 is 0. The van der Waals surface area contributed by atoms with Crippen LogP contribution in [0.25, 0.3) is 22.5 Å². The van der Waals surface area contributed by atoms with Crippen molar-refractivity contribution in [3.8, 4) is 11.5 Å². The molecule has 0 fully saturated rings. The number of nitrogen functional groups attached to an aromatic ring is 1. The van der Waals surface area contributed by atoms with Crippen LogP contribution in [0.1, 0.15) is 10.5 Å². The third kappa shape index (κ3) is 1.64. The van der Waals surface area contributed by atoms with Gasteiger partial charge in [0.15, 0.2) is 11.5 Å². The summed E-state index contributed by atoms with van der Waals surface area (Å²) in [6, 6.07) is 10.9. The Morgan fingerprint density at radius 1 is 1.22 bits per heavy atom. The molecule has 0 aliphatic rings. The van der Waals surface area contributed by atoms with Gasteiger partial charge in [0.1, 0.15) is 5.58 Å². The molecule has 0 aliphatic heterocycles. The third-order valence-electron chi connectivity index (χ3n) is 2.54. The van der Waals surface area contributed by atoms with Crippen LogP contribution in [0.5, 0.6) is 0 Å². The van der Waals surface area contributed by atoms with Crippen molar-refractivity contribution in [1.29, 1.82) is 0 Å².